The Morgan fingerprint density at radius 2 is 2.11 bits per heavy atom. The molecular formula is C13H12BrNO4. The van der Waals surface area contributed by atoms with Gasteiger partial charge < -0.3 is 9.15 Å². The number of benzene rings is 1. The Morgan fingerprint density at radius 3 is 2.63 bits per heavy atom. The lowest BCUT2D eigenvalue weighted by Crippen LogP contribution is -1.94. The Morgan fingerprint density at radius 1 is 1.37 bits per heavy atom. The number of furan rings is 1. The number of nitro groups is 1. The minimum absolute atomic E-state index is 0.231. The van der Waals surface area contributed by atoms with Gasteiger partial charge in [-0.1, -0.05) is 28.1 Å². The fourth-order valence-electron chi connectivity index (χ4n) is 1.80. The highest BCUT2D eigenvalue weighted by atomic mass is 79.9. The van der Waals surface area contributed by atoms with Crippen molar-refractivity contribution in [1.29, 1.82) is 0 Å². The molecule has 19 heavy (non-hydrogen) atoms. The summed E-state index contributed by atoms with van der Waals surface area (Å²) in [6.07, 6.45) is 0. The summed E-state index contributed by atoms with van der Waals surface area (Å²) in [5, 5.41) is 10.6. The number of rotatable bonds is 4. The number of halogens is 1. The second-order valence-corrected chi connectivity index (χ2v) is 4.94. The van der Waals surface area contributed by atoms with Gasteiger partial charge in [0.1, 0.15) is 16.4 Å². The van der Waals surface area contributed by atoms with E-state index in [4.69, 9.17) is 9.15 Å². The largest absolute Gasteiger partial charge is 0.496 e. The highest BCUT2D eigenvalue weighted by molar-refractivity contribution is 9.09. The molecule has 2 rings (SSSR count). The third-order valence-corrected chi connectivity index (χ3v) is 3.73. The summed E-state index contributed by atoms with van der Waals surface area (Å²) in [6.45, 7) is 1.94. The van der Waals surface area contributed by atoms with E-state index < -0.39 is 4.92 Å². The average molecular weight is 326 g/mol. The first-order valence-corrected chi connectivity index (χ1v) is 6.47. The van der Waals surface area contributed by atoms with Gasteiger partial charge in [0.2, 0.25) is 0 Å². The predicted octanol–water partition coefficient (Wildman–Crippen LogP) is 3.99. The molecule has 5 nitrogen and oxygen atoms in total. The van der Waals surface area contributed by atoms with Gasteiger partial charge >= 0.3 is 5.88 Å². The Labute approximate surface area is 118 Å². The molecule has 0 aliphatic heterocycles. The summed E-state index contributed by atoms with van der Waals surface area (Å²) >= 11 is 3.48. The fraction of sp³-hybridized carbons (Fsp3) is 0.231. The summed E-state index contributed by atoms with van der Waals surface area (Å²) in [5.74, 6) is 1.04. The smallest absolute Gasteiger partial charge is 0.433 e. The summed E-state index contributed by atoms with van der Waals surface area (Å²) in [7, 11) is 1.61. The van der Waals surface area contributed by atoms with Crippen LogP contribution in [0.2, 0.25) is 0 Å². The van der Waals surface area contributed by atoms with Crippen LogP contribution < -0.4 is 4.74 Å². The predicted molar refractivity (Wildman–Crippen MR) is 73.9 cm³/mol. The van der Waals surface area contributed by atoms with Crippen LogP contribution in [-0.2, 0) is 0 Å². The Hall–Kier alpha value is -1.82. The zero-order valence-corrected chi connectivity index (χ0v) is 12.0. The molecule has 6 heteroatoms. The molecule has 0 saturated carbocycles. The van der Waals surface area contributed by atoms with Gasteiger partial charge in [0.25, 0.3) is 0 Å². The van der Waals surface area contributed by atoms with Crippen LogP contribution in [0.15, 0.2) is 34.7 Å². The van der Waals surface area contributed by atoms with Crippen LogP contribution >= 0.6 is 15.9 Å². The number of alkyl halides is 1. The molecule has 0 saturated heterocycles. The van der Waals surface area contributed by atoms with Gasteiger partial charge in [-0.05, 0) is 30.2 Å². The zero-order chi connectivity index (χ0) is 14.0. The van der Waals surface area contributed by atoms with Gasteiger partial charge in [0.15, 0.2) is 0 Å². The molecular weight excluding hydrogens is 314 g/mol. The molecule has 2 aromatic rings. The highest BCUT2D eigenvalue weighted by Crippen LogP contribution is 2.35. The van der Waals surface area contributed by atoms with Crippen molar-refractivity contribution in [3.05, 3.63) is 57.3 Å². The molecule has 0 bridgehead atoms. The molecule has 0 amide bonds. The number of aryl methyl sites for hydroxylation is 1. The summed E-state index contributed by atoms with van der Waals surface area (Å²) in [5.41, 5.74) is 1.94. The lowest BCUT2D eigenvalue weighted by molar-refractivity contribution is -0.402. The van der Waals surface area contributed by atoms with Gasteiger partial charge in [-0.3, -0.25) is 10.1 Å². The number of ether oxygens (including phenoxy) is 1. The summed E-state index contributed by atoms with van der Waals surface area (Å²) in [6, 6.07) is 8.64. The van der Waals surface area contributed by atoms with Crippen LogP contribution in [0, 0.1) is 17.0 Å². The molecule has 0 fully saturated rings. The van der Waals surface area contributed by atoms with E-state index >= 15 is 0 Å². The molecule has 0 aliphatic rings. The molecule has 0 radical (unpaired) electrons. The monoisotopic (exact) mass is 325 g/mol. The van der Waals surface area contributed by atoms with Gasteiger partial charge in [-0.25, -0.2) is 0 Å². The average Bonchev–Trinajstić information content (AvgIpc) is 2.87. The number of hydrogen-bond acceptors (Lipinski definition) is 4. The summed E-state index contributed by atoms with van der Waals surface area (Å²) < 4.78 is 10.4. The number of methoxy groups -OCH3 is 1. The second kappa shape index (κ2) is 5.44. The highest BCUT2D eigenvalue weighted by Gasteiger charge is 2.19. The summed E-state index contributed by atoms with van der Waals surface area (Å²) in [4.78, 5) is 9.81. The van der Waals surface area contributed by atoms with Crippen LogP contribution in [0.3, 0.4) is 0 Å². The molecule has 100 valence electrons. The van der Waals surface area contributed by atoms with Crippen molar-refractivity contribution in [2.75, 3.05) is 7.11 Å². The molecule has 1 atom stereocenters. The van der Waals surface area contributed by atoms with Crippen molar-refractivity contribution in [2.45, 2.75) is 11.8 Å². The topological polar surface area (TPSA) is 65.5 Å². The molecule has 0 spiro atoms. The number of nitrogens with zero attached hydrogens (tertiary/aromatic N) is 1. The molecule has 1 aromatic carbocycles. The second-order valence-electron chi connectivity index (χ2n) is 4.02. The van der Waals surface area contributed by atoms with Crippen molar-refractivity contribution in [1.82, 2.24) is 0 Å². The van der Waals surface area contributed by atoms with E-state index in [9.17, 15) is 10.1 Å². The zero-order valence-electron chi connectivity index (χ0n) is 10.4. The molecule has 1 aromatic heterocycles. The first kappa shape index (κ1) is 13.6. The van der Waals surface area contributed by atoms with E-state index in [1.54, 1.807) is 13.2 Å². The Kier molecular flexibility index (Phi) is 3.90. The number of hydrogen-bond donors (Lipinski definition) is 0. The minimum atomic E-state index is -0.553. The van der Waals surface area contributed by atoms with E-state index in [1.807, 2.05) is 25.1 Å². The third kappa shape index (κ3) is 2.78. The first-order valence-electron chi connectivity index (χ1n) is 5.55. The third-order valence-electron chi connectivity index (χ3n) is 2.75. The van der Waals surface area contributed by atoms with Crippen molar-refractivity contribution < 1.29 is 14.1 Å². The van der Waals surface area contributed by atoms with Crippen LogP contribution in [0.1, 0.15) is 21.7 Å². The van der Waals surface area contributed by atoms with Crippen LogP contribution in [0.25, 0.3) is 0 Å². The molecule has 1 unspecified atom stereocenters. The lowest BCUT2D eigenvalue weighted by Gasteiger charge is -2.10. The normalized spacial score (nSPS) is 12.2. The molecule has 0 aliphatic carbocycles. The minimum Gasteiger partial charge on any atom is -0.496 e. The standard InChI is InChI=1S/C13H12BrNO4/c1-8-7-9(3-4-10(8)18-2)13(14)11-5-6-12(19-11)15(16)17/h3-7,13H,1-2H3. The maximum atomic E-state index is 10.6. The van der Waals surface area contributed by atoms with E-state index in [1.165, 1.54) is 6.07 Å². The van der Waals surface area contributed by atoms with Gasteiger partial charge in [0, 0.05) is 0 Å². The fourth-order valence-corrected chi connectivity index (χ4v) is 2.33. The maximum Gasteiger partial charge on any atom is 0.433 e. The molecule has 1 heterocycles. The van der Waals surface area contributed by atoms with Gasteiger partial charge in [-0.15, -0.1) is 0 Å². The van der Waals surface area contributed by atoms with E-state index in [-0.39, 0.29) is 10.7 Å². The first-order chi connectivity index (χ1) is 9.02. The van der Waals surface area contributed by atoms with Gasteiger partial charge in [-0.2, -0.15) is 0 Å². The van der Waals surface area contributed by atoms with Gasteiger partial charge in [0.05, 0.1) is 18.0 Å². The van der Waals surface area contributed by atoms with Crippen molar-refractivity contribution >= 4 is 21.8 Å². The Balaban J connectivity index is 2.30. The molecule has 0 N–H and O–H groups in total. The maximum absolute atomic E-state index is 10.6. The van der Waals surface area contributed by atoms with E-state index in [0.29, 0.717) is 5.76 Å². The van der Waals surface area contributed by atoms with Crippen LogP contribution in [-0.4, -0.2) is 12.0 Å². The van der Waals surface area contributed by atoms with E-state index in [2.05, 4.69) is 15.9 Å². The van der Waals surface area contributed by atoms with Crippen molar-refractivity contribution in [3.8, 4) is 5.75 Å². The lowest BCUT2D eigenvalue weighted by atomic mass is 10.1. The quantitative estimate of drug-likeness (QED) is 0.484. The van der Waals surface area contributed by atoms with Crippen LogP contribution in [0.4, 0.5) is 5.88 Å². The van der Waals surface area contributed by atoms with Crippen molar-refractivity contribution in [3.63, 3.8) is 0 Å². The van der Waals surface area contributed by atoms with Crippen molar-refractivity contribution in [2.24, 2.45) is 0 Å². The van der Waals surface area contributed by atoms with Crippen LogP contribution in [0.5, 0.6) is 5.75 Å². The van der Waals surface area contributed by atoms with E-state index in [0.717, 1.165) is 16.9 Å². The SMILES string of the molecule is COc1ccc(C(Br)c2ccc([N+](=O)[O-])o2)cc1C. The Bertz CT molecular complexity index is 608.